The van der Waals surface area contributed by atoms with Gasteiger partial charge >= 0.3 is 0 Å². The van der Waals surface area contributed by atoms with Gasteiger partial charge in [-0.1, -0.05) is 76.1 Å². The Kier molecular flexibility index (Phi) is 24.0. The zero-order valence-corrected chi connectivity index (χ0v) is 49.6. The molecule has 0 fully saturated rings. The van der Waals surface area contributed by atoms with E-state index in [1.54, 1.807) is 19.2 Å². The van der Waals surface area contributed by atoms with Crippen LogP contribution in [0, 0.1) is 0 Å². The molecule has 16 nitrogen and oxygen atoms in total. The first kappa shape index (κ1) is 62.9. The normalized spacial score (nSPS) is 17.3. The van der Waals surface area contributed by atoms with Gasteiger partial charge in [-0.05, 0) is 125 Å². The third-order valence-corrected chi connectivity index (χ3v) is 15.1. The van der Waals surface area contributed by atoms with Crippen LogP contribution in [0.25, 0.3) is 43.1 Å². The maximum Gasteiger partial charge on any atom is 0.261 e. The molecule has 2 heterocycles. The third-order valence-electron chi connectivity index (χ3n) is 15.1. The molecule has 0 saturated heterocycles. The second-order valence-corrected chi connectivity index (χ2v) is 22.4. The van der Waals surface area contributed by atoms with Crippen LogP contribution in [0.1, 0.15) is 162 Å². The van der Waals surface area contributed by atoms with Crippen molar-refractivity contribution in [2.24, 2.45) is 0 Å². The largest absolute Gasteiger partial charge is 0.382 e. The van der Waals surface area contributed by atoms with Gasteiger partial charge in [-0.25, -0.2) is 0 Å². The predicted octanol–water partition coefficient (Wildman–Crippen LogP) is 11.4. The molecule has 0 aromatic heterocycles. The lowest BCUT2D eigenvalue weighted by Gasteiger charge is -2.33. The van der Waals surface area contributed by atoms with Crippen molar-refractivity contribution in [1.29, 1.82) is 0 Å². The van der Waals surface area contributed by atoms with Gasteiger partial charge in [0.15, 0.2) is 0 Å². The summed E-state index contributed by atoms with van der Waals surface area (Å²) < 4.78 is 58.5. The molecule has 0 N–H and O–H groups in total. The van der Waals surface area contributed by atoms with Crippen LogP contribution >= 0.6 is 0 Å². The van der Waals surface area contributed by atoms with Crippen LogP contribution in [0.5, 0.6) is 0 Å². The molecule has 0 spiro atoms. The lowest BCUT2D eigenvalue weighted by Crippen LogP contribution is -2.48. The molecule has 440 valence electrons. The lowest BCUT2D eigenvalue weighted by atomic mass is 9.82. The molecule has 0 radical (unpaired) electrons. The van der Waals surface area contributed by atoms with Crippen molar-refractivity contribution in [3.8, 4) is 0 Å². The Bertz CT molecular complexity index is 2700. The number of carbonyl (C=O) groups is 4. The number of nitrogens with zero attached hydrogens (tertiary/aromatic N) is 2. The average Bonchev–Trinajstić information content (AvgIpc) is 3.64. The number of fused-ring (bicyclic) bond motifs is 2. The molecule has 0 aliphatic carbocycles. The summed E-state index contributed by atoms with van der Waals surface area (Å²) in [7, 11) is 1.65. The summed E-state index contributed by atoms with van der Waals surface area (Å²) in [5.74, 6) is -1.28. The molecule has 5 aromatic rings. The van der Waals surface area contributed by atoms with Crippen LogP contribution in [0.15, 0.2) is 48.5 Å². The van der Waals surface area contributed by atoms with Crippen LogP contribution in [0.4, 0.5) is 0 Å². The first-order valence-corrected chi connectivity index (χ1v) is 29.5. The number of methoxy groups -OCH3 is 1. The van der Waals surface area contributed by atoms with E-state index < -0.39 is 6.04 Å². The summed E-state index contributed by atoms with van der Waals surface area (Å²) in [6.45, 7) is 24.6. The number of benzene rings is 5. The first-order valence-electron chi connectivity index (χ1n) is 29.5. The molecule has 4 amide bonds. The molecular formula is C64H90N2O14. The van der Waals surface area contributed by atoms with E-state index in [0.29, 0.717) is 99.0 Å². The number of hydrogen-bond acceptors (Lipinski definition) is 14. The zero-order chi connectivity index (χ0) is 57.5. The highest BCUT2D eigenvalue weighted by molar-refractivity contribution is 6.41. The van der Waals surface area contributed by atoms with E-state index >= 15 is 0 Å². The van der Waals surface area contributed by atoms with Crippen molar-refractivity contribution in [3.63, 3.8) is 0 Å². The predicted molar refractivity (Wildman–Crippen MR) is 312 cm³/mol. The van der Waals surface area contributed by atoms with E-state index in [0.717, 1.165) is 51.6 Å². The highest BCUT2D eigenvalue weighted by Crippen LogP contribution is 2.46. The van der Waals surface area contributed by atoms with E-state index in [9.17, 15) is 19.2 Å². The number of carbonyl (C=O) groups excluding carboxylic acids is 4. The molecule has 80 heavy (non-hydrogen) atoms. The second-order valence-electron chi connectivity index (χ2n) is 22.4. The SMILES string of the molecule is CCCCCCCCCCN1C(=O)c2ccc3c4ccc5c6c(ccc(c7ccc(c2c37)C1=O)c64)C(=O)N(C(C)COC(C)COC(C)COC(C)COC(C)COC(C)COC(C)COC(C)COC(C)COCCOC)C5=O. The minimum Gasteiger partial charge on any atom is -0.382 e. The van der Waals surface area contributed by atoms with E-state index in [4.69, 9.17) is 47.4 Å². The Hall–Kier alpha value is -4.72. The van der Waals surface area contributed by atoms with Crippen molar-refractivity contribution < 1.29 is 66.5 Å². The summed E-state index contributed by atoms with van der Waals surface area (Å²) in [5, 5.41) is 6.40. The summed E-state index contributed by atoms with van der Waals surface area (Å²) in [4.78, 5) is 59.5. The van der Waals surface area contributed by atoms with Crippen LogP contribution < -0.4 is 0 Å². The molecule has 16 heteroatoms. The van der Waals surface area contributed by atoms with Crippen molar-refractivity contribution >= 4 is 66.7 Å². The van der Waals surface area contributed by atoms with Gasteiger partial charge in [0.25, 0.3) is 23.6 Å². The van der Waals surface area contributed by atoms with Crippen molar-refractivity contribution in [3.05, 3.63) is 70.8 Å². The smallest absolute Gasteiger partial charge is 0.261 e. The number of rotatable bonds is 39. The summed E-state index contributed by atoms with van der Waals surface area (Å²) in [5.41, 5.74) is 1.94. The number of ether oxygens (including phenoxy) is 10. The minimum absolute atomic E-state index is 0.0316. The second kappa shape index (κ2) is 30.5. The monoisotopic (exact) mass is 1110 g/mol. The standard InChI is InChI=1S/C64H90N2O14/c1-12-13-14-15-16-17-18-19-28-65-61(67)53-24-20-49-51-22-26-55-60-56(27-23-52(58(51)60)50-21-25-54(62(65)68)59(53)57(49)50)64(70)66(63(55)69)40(2)31-73-42(4)33-75-44(6)35-77-46(8)37-79-48(10)39-80-47(9)38-78-45(7)36-76-43(5)34-74-41(3)32-72-30-29-71-11/h20-27,40-48H,12-19,28-39H2,1-11H3. The van der Waals surface area contributed by atoms with Crippen molar-refractivity contribution in [2.75, 3.05) is 86.3 Å². The lowest BCUT2D eigenvalue weighted by molar-refractivity contribution is -0.110. The number of imide groups is 2. The number of amides is 4. The molecule has 9 unspecified atom stereocenters. The first-order chi connectivity index (χ1) is 38.5. The van der Waals surface area contributed by atoms with Gasteiger partial charge < -0.3 is 47.4 Å². The van der Waals surface area contributed by atoms with E-state index in [-0.39, 0.29) is 85.7 Å². The van der Waals surface area contributed by atoms with Gasteiger partial charge in [-0.2, -0.15) is 0 Å². The molecule has 2 aliphatic heterocycles. The maximum atomic E-state index is 14.4. The Morgan fingerprint density at radius 3 is 1.02 bits per heavy atom. The Morgan fingerprint density at radius 1 is 0.362 bits per heavy atom. The van der Waals surface area contributed by atoms with Gasteiger partial charge in [0.05, 0.1) is 128 Å². The fourth-order valence-corrected chi connectivity index (χ4v) is 10.6. The third kappa shape index (κ3) is 15.9. The van der Waals surface area contributed by atoms with Crippen LogP contribution in [-0.2, 0) is 47.4 Å². The van der Waals surface area contributed by atoms with E-state index in [1.807, 2.05) is 98.7 Å². The Labute approximate surface area is 473 Å². The fourth-order valence-electron chi connectivity index (χ4n) is 10.6. The van der Waals surface area contributed by atoms with Crippen molar-refractivity contribution in [1.82, 2.24) is 9.80 Å². The summed E-state index contributed by atoms with van der Waals surface area (Å²) in [6, 6.07) is 14.5. The summed E-state index contributed by atoms with van der Waals surface area (Å²) in [6.07, 6.45) is 7.79. The molecule has 0 saturated carbocycles. The summed E-state index contributed by atoms with van der Waals surface area (Å²) >= 11 is 0. The zero-order valence-electron chi connectivity index (χ0n) is 49.6. The topological polar surface area (TPSA) is 167 Å². The van der Waals surface area contributed by atoms with Gasteiger partial charge in [0, 0.05) is 46.7 Å². The van der Waals surface area contributed by atoms with Crippen LogP contribution in [-0.4, -0.2) is 175 Å². The maximum absolute atomic E-state index is 14.4. The Balaban J connectivity index is 0.824. The fraction of sp³-hybridized carbons (Fsp3) is 0.625. The van der Waals surface area contributed by atoms with Crippen LogP contribution in [0.2, 0.25) is 0 Å². The minimum atomic E-state index is -0.567. The van der Waals surface area contributed by atoms with Gasteiger partial charge in [0.1, 0.15) is 0 Å². The van der Waals surface area contributed by atoms with Gasteiger partial charge in [0.2, 0.25) is 0 Å². The molecule has 0 bridgehead atoms. The molecule has 2 aliphatic rings. The van der Waals surface area contributed by atoms with Gasteiger partial charge in [-0.3, -0.25) is 29.0 Å². The quantitative estimate of drug-likeness (QED) is 0.0158. The average molecular weight is 1110 g/mol. The van der Waals surface area contributed by atoms with Gasteiger partial charge in [-0.15, -0.1) is 0 Å². The van der Waals surface area contributed by atoms with Crippen LogP contribution in [0.3, 0.4) is 0 Å². The number of unbranched alkanes of at least 4 members (excludes halogenated alkanes) is 7. The molecular weight excluding hydrogens is 1020 g/mol. The van der Waals surface area contributed by atoms with E-state index in [1.165, 1.54) is 41.9 Å². The molecule has 5 aromatic carbocycles. The Morgan fingerprint density at radius 2 is 0.675 bits per heavy atom. The molecule has 9 atom stereocenters. The highest BCUT2D eigenvalue weighted by Gasteiger charge is 2.39. The number of hydrogen-bond donors (Lipinski definition) is 0. The molecule has 7 rings (SSSR count). The van der Waals surface area contributed by atoms with Crippen molar-refractivity contribution in [2.45, 2.75) is 175 Å². The van der Waals surface area contributed by atoms with E-state index in [2.05, 4.69) is 6.92 Å². The highest BCUT2D eigenvalue weighted by atomic mass is 16.6.